The van der Waals surface area contributed by atoms with Gasteiger partial charge in [0.05, 0.1) is 11.5 Å². The van der Waals surface area contributed by atoms with E-state index >= 15 is 0 Å². The summed E-state index contributed by atoms with van der Waals surface area (Å²) >= 11 is 0. The van der Waals surface area contributed by atoms with Crippen LogP contribution in [0.3, 0.4) is 0 Å². The van der Waals surface area contributed by atoms with E-state index in [0.29, 0.717) is 6.42 Å². The minimum atomic E-state index is -0.473. The Morgan fingerprint density at radius 1 is 1.05 bits per heavy atom. The first kappa shape index (κ1) is 13.9. The molecule has 20 heavy (non-hydrogen) atoms. The second kappa shape index (κ2) is 6.09. The molecule has 1 nitrogen and oxygen atoms in total. The van der Waals surface area contributed by atoms with Crippen molar-refractivity contribution in [2.45, 2.75) is 25.2 Å². The molecule has 1 heteroatoms. The third-order valence-corrected chi connectivity index (χ3v) is 3.77. The summed E-state index contributed by atoms with van der Waals surface area (Å²) < 4.78 is 0. The molecule has 0 heterocycles. The van der Waals surface area contributed by atoms with Gasteiger partial charge in [0.1, 0.15) is 0 Å². The Bertz CT molecular complexity index is 641. The van der Waals surface area contributed by atoms with E-state index in [-0.39, 0.29) is 0 Å². The lowest BCUT2D eigenvalue weighted by Crippen LogP contribution is -2.26. The molecule has 1 atom stereocenters. The van der Waals surface area contributed by atoms with Crippen molar-refractivity contribution in [2.75, 3.05) is 0 Å². The zero-order valence-electron chi connectivity index (χ0n) is 11.6. The molecule has 0 amide bonds. The maximum Gasteiger partial charge on any atom is 0.0859 e. The van der Waals surface area contributed by atoms with Crippen molar-refractivity contribution >= 4 is 0 Å². The zero-order chi connectivity index (χ0) is 14.4. The molecule has 0 fully saturated rings. The van der Waals surface area contributed by atoms with Gasteiger partial charge in [-0.25, -0.2) is 0 Å². The summed E-state index contributed by atoms with van der Waals surface area (Å²) in [4.78, 5) is 0. The van der Waals surface area contributed by atoms with Gasteiger partial charge in [-0.15, -0.1) is 6.42 Å². The molecule has 0 saturated heterocycles. The molecule has 98 valence electrons. The lowest BCUT2D eigenvalue weighted by atomic mass is 9.75. The molecular formula is C19H17N. The van der Waals surface area contributed by atoms with Crippen LogP contribution >= 0.6 is 0 Å². The van der Waals surface area contributed by atoms with Crippen LogP contribution in [0.15, 0.2) is 54.6 Å². The Morgan fingerprint density at radius 2 is 1.70 bits per heavy atom. The Morgan fingerprint density at radius 3 is 2.20 bits per heavy atom. The fourth-order valence-electron chi connectivity index (χ4n) is 2.44. The van der Waals surface area contributed by atoms with Crippen molar-refractivity contribution in [1.82, 2.24) is 0 Å². The quantitative estimate of drug-likeness (QED) is 0.759. The number of nitrogens with zero attached hydrogens (tertiary/aromatic N) is 1. The molecule has 0 saturated carbocycles. The second-order valence-electron chi connectivity index (χ2n) is 4.93. The fraction of sp³-hybridized carbons (Fsp3) is 0.211. The summed E-state index contributed by atoms with van der Waals surface area (Å²) in [7, 11) is 0. The third kappa shape index (κ3) is 2.73. The molecule has 0 aliphatic rings. The zero-order valence-corrected chi connectivity index (χ0v) is 11.6. The first-order valence-corrected chi connectivity index (χ1v) is 6.76. The van der Waals surface area contributed by atoms with Gasteiger partial charge in [-0.2, -0.15) is 5.26 Å². The molecule has 0 N–H and O–H groups in total. The molecular weight excluding hydrogens is 242 g/mol. The van der Waals surface area contributed by atoms with Crippen LogP contribution in [0, 0.1) is 23.7 Å². The Labute approximate surface area is 120 Å². The molecule has 0 bridgehead atoms. The fourth-order valence-corrected chi connectivity index (χ4v) is 2.44. The number of hydrogen-bond acceptors (Lipinski definition) is 1. The molecule has 0 aromatic heterocycles. The van der Waals surface area contributed by atoms with E-state index in [9.17, 15) is 5.26 Å². The van der Waals surface area contributed by atoms with Gasteiger partial charge >= 0.3 is 0 Å². The molecule has 2 aromatic carbocycles. The molecule has 0 spiro atoms. The van der Waals surface area contributed by atoms with E-state index in [2.05, 4.69) is 18.9 Å². The van der Waals surface area contributed by atoms with Crippen LogP contribution in [-0.2, 0) is 11.8 Å². The van der Waals surface area contributed by atoms with Crippen molar-refractivity contribution in [3.8, 4) is 18.4 Å². The predicted octanol–water partition coefficient (Wildman–Crippen LogP) is 4.08. The molecule has 2 rings (SSSR count). The maximum absolute atomic E-state index is 9.71. The standard InChI is InChI=1S/C19H17N/c1-3-16-10-12-17(13-11-16)14-19(4-2,15-20)18-8-6-5-7-9-18/h1,5-13H,4,14H2,2H3. The van der Waals surface area contributed by atoms with Crippen LogP contribution in [0.5, 0.6) is 0 Å². The summed E-state index contributed by atoms with van der Waals surface area (Å²) in [5.41, 5.74) is 2.61. The molecule has 1 unspecified atom stereocenters. The SMILES string of the molecule is C#Cc1ccc(CC(C#N)(CC)c2ccccc2)cc1. The monoisotopic (exact) mass is 259 g/mol. The van der Waals surface area contributed by atoms with E-state index < -0.39 is 5.41 Å². The summed E-state index contributed by atoms with van der Waals surface area (Å²) in [5.74, 6) is 2.61. The predicted molar refractivity (Wildman–Crippen MR) is 82.1 cm³/mol. The van der Waals surface area contributed by atoms with Gasteiger partial charge in [0.25, 0.3) is 0 Å². The maximum atomic E-state index is 9.71. The summed E-state index contributed by atoms with van der Waals surface area (Å²) in [6, 6.07) is 20.4. The van der Waals surface area contributed by atoms with Crippen molar-refractivity contribution in [3.05, 3.63) is 71.3 Å². The number of nitriles is 1. The highest BCUT2D eigenvalue weighted by Crippen LogP contribution is 2.31. The minimum Gasteiger partial charge on any atom is -0.197 e. The van der Waals surface area contributed by atoms with Gasteiger partial charge in [0, 0.05) is 5.56 Å². The first-order valence-electron chi connectivity index (χ1n) is 6.76. The molecule has 2 aromatic rings. The Kier molecular flexibility index (Phi) is 4.24. The van der Waals surface area contributed by atoms with Gasteiger partial charge in [0.2, 0.25) is 0 Å². The average Bonchev–Trinajstić information content (AvgIpc) is 2.54. The second-order valence-corrected chi connectivity index (χ2v) is 4.93. The minimum absolute atomic E-state index is 0.473. The van der Waals surface area contributed by atoms with Crippen LogP contribution < -0.4 is 0 Å². The van der Waals surface area contributed by atoms with Gasteiger partial charge in [0.15, 0.2) is 0 Å². The van der Waals surface area contributed by atoms with Crippen molar-refractivity contribution in [3.63, 3.8) is 0 Å². The highest BCUT2D eigenvalue weighted by molar-refractivity contribution is 5.38. The van der Waals surface area contributed by atoms with Crippen LogP contribution in [-0.4, -0.2) is 0 Å². The third-order valence-electron chi connectivity index (χ3n) is 3.77. The van der Waals surface area contributed by atoms with Crippen molar-refractivity contribution in [2.24, 2.45) is 0 Å². The van der Waals surface area contributed by atoms with E-state index in [0.717, 1.165) is 23.1 Å². The highest BCUT2D eigenvalue weighted by Gasteiger charge is 2.30. The molecule has 0 aliphatic carbocycles. The summed E-state index contributed by atoms with van der Waals surface area (Å²) in [6.07, 6.45) is 6.85. The lowest BCUT2D eigenvalue weighted by Gasteiger charge is -2.26. The van der Waals surface area contributed by atoms with Gasteiger partial charge in [-0.05, 0) is 36.1 Å². The molecule has 0 aliphatic heterocycles. The highest BCUT2D eigenvalue weighted by atomic mass is 14.4. The van der Waals surface area contributed by atoms with Crippen molar-refractivity contribution in [1.29, 1.82) is 5.26 Å². The van der Waals surface area contributed by atoms with Gasteiger partial charge in [-0.3, -0.25) is 0 Å². The lowest BCUT2D eigenvalue weighted by molar-refractivity contribution is 0.526. The average molecular weight is 259 g/mol. The molecule has 0 radical (unpaired) electrons. The smallest absolute Gasteiger partial charge is 0.0859 e. The topological polar surface area (TPSA) is 23.8 Å². The summed E-state index contributed by atoms with van der Waals surface area (Å²) in [6.45, 7) is 2.06. The number of terminal acetylenes is 1. The Balaban J connectivity index is 2.35. The van der Waals surface area contributed by atoms with Gasteiger partial charge in [-0.1, -0.05) is 55.3 Å². The normalized spacial score (nSPS) is 12.9. The van der Waals surface area contributed by atoms with Crippen LogP contribution in [0.2, 0.25) is 0 Å². The van der Waals surface area contributed by atoms with E-state index in [1.165, 1.54) is 0 Å². The summed E-state index contributed by atoms with van der Waals surface area (Å²) in [5, 5.41) is 9.71. The number of hydrogen-bond donors (Lipinski definition) is 0. The van der Waals surface area contributed by atoms with E-state index in [4.69, 9.17) is 6.42 Å². The van der Waals surface area contributed by atoms with Crippen LogP contribution in [0.25, 0.3) is 0 Å². The van der Waals surface area contributed by atoms with Crippen molar-refractivity contribution < 1.29 is 0 Å². The van der Waals surface area contributed by atoms with Gasteiger partial charge < -0.3 is 0 Å². The Hall–Kier alpha value is -2.51. The first-order chi connectivity index (χ1) is 9.74. The van der Waals surface area contributed by atoms with Crippen LogP contribution in [0.4, 0.5) is 0 Å². The van der Waals surface area contributed by atoms with E-state index in [1.54, 1.807) is 0 Å². The van der Waals surface area contributed by atoms with E-state index in [1.807, 2.05) is 54.6 Å². The number of rotatable bonds is 4. The number of benzene rings is 2. The largest absolute Gasteiger partial charge is 0.197 e. The van der Waals surface area contributed by atoms with Crippen LogP contribution in [0.1, 0.15) is 30.0 Å².